The van der Waals surface area contributed by atoms with Gasteiger partial charge in [-0.05, 0) is 6.92 Å². The number of nitrogens with zero attached hydrogens (tertiary/aromatic N) is 3. The average molecular weight is 344 g/mol. The number of nitrogens with one attached hydrogen (secondary N) is 1. The molecular formula is C17H20N4O4. The second kappa shape index (κ2) is 6.94. The lowest BCUT2D eigenvalue weighted by molar-refractivity contribution is -0.122. The van der Waals surface area contributed by atoms with E-state index in [0.717, 1.165) is 16.0 Å². The fourth-order valence-corrected chi connectivity index (χ4v) is 2.84. The molecule has 0 unspecified atom stereocenters. The van der Waals surface area contributed by atoms with Crippen molar-refractivity contribution >= 4 is 27.9 Å². The number of amides is 1. The number of ether oxygens (including phenoxy) is 1. The molecule has 3 rings (SSSR count). The highest BCUT2D eigenvalue weighted by molar-refractivity contribution is 6.04. The van der Waals surface area contributed by atoms with Gasteiger partial charge in [0.05, 0.1) is 23.7 Å². The third-order valence-electron chi connectivity index (χ3n) is 3.89. The van der Waals surface area contributed by atoms with E-state index in [1.165, 1.54) is 0 Å². The summed E-state index contributed by atoms with van der Waals surface area (Å²) in [4.78, 5) is 24.8. The van der Waals surface area contributed by atoms with E-state index in [9.17, 15) is 9.59 Å². The Balaban J connectivity index is 2.04. The monoisotopic (exact) mass is 344 g/mol. The number of allylic oxidation sites excluding steroid dienone is 1. The molecule has 0 atom stereocenters. The Hall–Kier alpha value is -2.87. The number of aromatic nitrogens is 3. The van der Waals surface area contributed by atoms with Crippen molar-refractivity contribution in [3.63, 3.8) is 0 Å². The first kappa shape index (κ1) is 17.0. The molecule has 3 aromatic heterocycles. The molecule has 0 saturated heterocycles. The van der Waals surface area contributed by atoms with Crippen LogP contribution in [0.1, 0.15) is 5.76 Å². The number of hydrogen-bond acceptors (Lipinski definition) is 5. The van der Waals surface area contributed by atoms with Crippen LogP contribution >= 0.6 is 0 Å². The van der Waals surface area contributed by atoms with Gasteiger partial charge < -0.3 is 19.0 Å². The van der Waals surface area contributed by atoms with Gasteiger partial charge in [0.15, 0.2) is 5.58 Å². The minimum atomic E-state index is -0.342. The summed E-state index contributed by atoms with van der Waals surface area (Å²) in [6, 6.07) is 1.88. The van der Waals surface area contributed by atoms with Gasteiger partial charge in [-0.1, -0.05) is 6.08 Å². The summed E-state index contributed by atoms with van der Waals surface area (Å²) < 4.78 is 13.6. The van der Waals surface area contributed by atoms with E-state index in [1.54, 1.807) is 19.4 Å². The van der Waals surface area contributed by atoms with Crippen LogP contribution in [0.15, 0.2) is 34.1 Å². The van der Waals surface area contributed by atoms with Crippen LogP contribution in [0, 0.1) is 6.92 Å². The number of aryl methyl sites for hydroxylation is 1. The largest absolute Gasteiger partial charge is 0.459 e. The summed E-state index contributed by atoms with van der Waals surface area (Å²) in [6.45, 7) is 6.69. The number of furan rings is 1. The smallest absolute Gasteiger partial charge is 0.291 e. The lowest BCUT2D eigenvalue weighted by Gasteiger charge is -2.07. The highest BCUT2D eigenvalue weighted by atomic mass is 16.5. The number of rotatable bonds is 7. The Morgan fingerprint density at radius 3 is 3.04 bits per heavy atom. The number of carbonyl (C=O) groups is 1. The molecule has 0 aliphatic rings. The predicted molar refractivity (Wildman–Crippen MR) is 93.6 cm³/mol. The Morgan fingerprint density at radius 1 is 1.52 bits per heavy atom. The van der Waals surface area contributed by atoms with Crippen molar-refractivity contribution in [2.45, 2.75) is 20.0 Å². The molecule has 3 heterocycles. The molecule has 0 saturated carbocycles. The summed E-state index contributed by atoms with van der Waals surface area (Å²) in [5.74, 6) is 0.457. The SMILES string of the molecule is C=CCn1c2cc(C)oc2c2cnn(CC(=O)NCCOC)c(=O)c21. The van der Waals surface area contributed by atoms with Gasteiger partial charge in [0.2, 0.25) is 5.91 Å². The standard InChI is InChI=1S/C17H20N4O4/c1-4-6-20-13-8-11(2)25-16(13)12-9-19-21(17(23)15(12)20)10-14(22)18-5-7-24-3/h4,8-9H,1,5-7,10H2,2-3H3,(H,18,22). The topological polar surface area (TPSA) is 91.3 Å². The van der Waals surface area contributed by atoms with Gasteiger partial charge in [0.1, 0.15) is 17.8 Å². The molecule has 0 aromatic carbocycles. The first-order valence-corrected chi connectivity index (χ1v) is 7.91. The molecule has 0 fully saturated rings. The minimum Gasteiger partial charge on any atom is -0.459 e. The minimum absolute atomic E-state index is 0.155. The normalized spacial score (nSPS) is 11.3. The van der Waals surface area contributed by atoms with E-state index < -0.39 is 0 Å². The van der Waals surface area contributed by atoms with Crippen molar-refractivity contribution in [3.05, 3.63) is 41.0 Å². The molecule has 8 nitrogen and oxygen atoms in total. The lowest BCUT2D eigenvalue weighted by atomic mass is 10.3. The first-order chi connectivity index (χ1) is 12.1. The highest BCUT2D eigenvalue weighted by Gasteiger charge is 2.19. The summed E-state index contributed by atoms with van der Waals surface area (Å²) in [5.41, 5.74) is 1.54. The van der Waals surface area contributed by atoms with Gasteiger partial charge in [-0.2, -0.15) is 5.10 Å². The molecule has 0 radical (unpaired) electrons. The third-order valence-corrected chi connectivity index (χ3v) is 3.89. The predicted octanol–water partition coefficient (Wildman–Crippen LogP) is 1.20. The van der Waals surface area contributed by atoms with E-state index in [-0.39, 0.29) is 18.0 Å². The van der Waals surface area contributed by atoms with Crippen molar-refractivity contribution < 1.29 is 13.9 Å². The number of methoxy groups -OCH3 is 1. The Morgan fingerprint density at radius 2 is 2.32 bits per heavy atom. The second-order valence-electron chi connectivity index (χ2n) is 5.68. The third kappa shape index (κ3) is 3.08. The molecule has 0 spiro atoms. The van der Waals surface area contributed by atoms with Crippen LogP contribution in [0.4, 0.5) is 0 Å². The zero-order chi connectivity index (χ0) is 18.0. The maximum absolute atomic E-state index is 12.8. The fraction of sp³-hybridized carbons (Fsp3) is 0.353. The number of fused-ring (bicyclic) bond motifs is 3. The van der Waals surface area contributed by atoms with Crippen molar-refractivity contribution in [2.75, 3.05) is 20.3 Å². The molecule has 0 aliphatic carbocycles. The summed E-state index contributed by atoms with van der Waals surface area (Å²) in [5, 5.41) is 7.42. The van der Waals surface area contributed by atoms with Crippen LogP contribution < -0.4 is 10.9 Å². The molecule has 0 aliphatic heterocycles. The maximum Gasteiger partial charge on any atom is 0.291 e. The zero-order valence-electron chi connectivity index (χ0n) is 14.2. The maximum atomic E-state index is 12.8. The van der Waals surface area contributed by atoms with Crippen LogP contribution in [-0.2, 0) is 22.6 Å². The molecular weight excluding hydrogens is 324 g/mol. The van der Waals surface area contributed by atoms with E-state index >= 15 is 0 Å². The van der Waals surface area contributed by atoms with E-state index in [0.29, 0.717) is 36.2 Å². The Kier molecular flexibility index (Phi) is 4.71. The Bertz CT molecular complexity index is 996. The fourth-order valence-electron chi connectivity index (χ4n) is 2.84. The quantitative estimate of drug-likeness (QED) is 0.514. The van der Waals surface area contributed by atoms with Crippen LogP contribution in [0.3, 0.4) is 0 Å². The van der Waals surface area contributed by atoms with E-state index in [1.807, 2.05) is 17.6 Å². The Labute approximate surface area is 143 Å². The van der Waals surface area contributed by atoms with Crippen molar-refractivity contribution in [3.8, 4) is 0 Å². The molecule has 1 N–H and O–H groups in total. The summed E-state index contributed by atoms with van der Waals surface area (Å²) in [6.07, 6.45) is 3.27. The zero-order valence-corrected chi connectivity index (χ0v) is 14.2. The van der Waals surface area contributed by atoms with Crippen molar-refractivity contribution in [1.82, 2.24) is 19.7 Å². The van der Waals surface area contributed by atoms with E-state index in [4.69, 9.17) is 9.15 Å². The van der Waals surface area contributed by atoms with Crippen LogP contribution in [0.5, 0.6) is 0 Å². The molecule has 3 aromatic rings. The van der Waals surface area contributed by atoms with Crippen LogP contribution in [-0.4, -0.2) is 40.5 Å². The average Bonchev–Trinajstić information content (AvgIpc) is 3.08. The van der Waals surface area contributed by atoms with Crippen molar-refractivity contribution in [2.24, 2.45) is 0 Å². The van der Waals surface area contributed by atoms with Crippen molar-refractivity contribution in [1.29, 1.82) is 0 Å². The van der Waals surface area contributed by atoms with E-state index in [2.05, 4.69) is 17.0 Å². The van der Waals surface area contributed by atoms with Gasteiger partial charge in [0.25, 0.3) is 5.56 Å². The van der Waals surface area contributed by atoms with Gasteiger partial charge >= 0.3 is 0 Å². The second-order valence-corrected chi connectivity index (χ2v) is 5.68. The van der Waals surface area contributed by atoms with Gasteiger partial charge in [-0.15, -0.1) is 6.58 Å². The van der Waals surface area contributed by atoms with Crippen LogP contribution in [0.25, 0.3) is 22.0 Å². The van der Waals surface area contributed by atoms with Gasteiger partial charge in [0, 0.05) is 26.3 Å². The molecule has 0 bridgehead atoms. The number of carbonyl (C=O) groups excluding carboxylic acids is 1. The van der Waals surface area contributed by atoms with Crippen LogP contribution in [0.2, 0.25) is 0 Å². The number of hydrogen-bond donors (Lipinski definition) is 1. The van der Waals surface area contributed by atoms with Gasteiger partial charge in [-0.3, -0.25) is 9.59 Å². The molecule has 132 valence electrons. The first-order valence-electron chi connectivity index (χ1n) is 7.91. The summed E-state index contributed by atoms with van der Waals surface area (Å²) in [7, 11) is 1.55. The molecule has 8 heteroatoms. The highest BCUT2D eigenvalue weighted by Crippen LogP contribution is 2.29. The molecule has 25 heavy (non-hydrogen) atoms. The summed E-state index contributed by atoms with van der Waals surface area (Å²) >= 11 is 0. The van der Waals surface area contributed by atoms with Gasteiger partial charge in [-0.25, -0.2) is 4.68 Å². The molecule has 1 amide bonds. The lowest BCUT2D eigenvalue weighted by Crippen LogP contribution is -2.35.